The van der Waals surface area contributed by atoms with Crippen LogP contribution in [-0.4, -0.2) is 63.4 Å². The lowest BCUT2D eigenvalue weighted by molar-refractivity contribution is 0.0978. The summed E-state index contributed by atoms with van der Waals surface area (Å²) in [6.45, 7) is 6.80. The Kier molecular flexibility index (Phi) is 6.08. The molecular weight excluding hydrogens is 400 g/mol. The monoisotopic (exact) mass is 426 g/mol. The molecule has 8 nitrogen and oxygen atoms in total. The second-order valence-electron chi connectivity index (χ2n) is 6.95. The third-order valence-corrected chi connectivity index (χ3v) is 6.04. The topological polar surface area (TPSA) is 76.4 Å². The van der Waals surface area contributed by atoms with Crippen molar-refractivity contribution in [3.05, 3.63) is 36.3 Å². The average Bonchev–Trinajstić information content (AvgIpc) is 3.16. The molecule has 0 atom stereocenters. The van der Waals surface area contributed by atoms with E-state index in [9.17, 15) is 4.79 Å². The van der Waals surface area contributed by atoms with E-state index in [0.29, 0.717) is 18.8 Å². The van der Waals surface area contributed by atoms with Crippen molar-refractivity contribution in [1.82, 2.24) is 19.7 Å². The Morgan fingerprint density at radius 2 is 1.90 bits per heavy atom. The number of hydrogen-bond acceptors (Lipinski definition) is 7. The summed E-state index contributed by atoms with van der Waals surface area (Å²) in [5.41, 5.74) is 1.46. The maximum atomic E-state index is 13.4. The highest BCUT2D eigenvalue weighted by molar-refractivity contribution is 7.99. The predicted octanol–water partition coefficient (Wildman–Crippen LogP) is 2.98. The van der Waals surface area contributed by atoms with Gasteiger partial charge in [0, 0.05) is 43.9 Å². The summed E-state index contributed by atoms with van der Waals surface area (Å²) in [5, 5.41) is 5.23. The van der Waals surface area contributed by atoms with Gasteiger partial charge in [0.2, 0.25) is 5.82 Å². The van der Waals surface area contributed by atoms with Crippen LogP contribution in [0.4, 0.5) is 11.5 Å². The van der Waals surface area contributed by atoms with Crippen molar-refractivity contribution in [3.63, 3.8) is 0 Å². The van der Waals surface area contributed by atoms with Gasteiger partial charge in [0.15, 0.2) is 5.65 Å². The fourth-order valence-electron chi connectivity index (χ4n) is 3.57. The Morgan fingerprint density at radius 3 is 2.57 bits per heavy atom. The molecule has 1 aliphatic rings. The fourth-order valence-corrected chi connectivity index (χ4v) is 4.48. The summed E-state index contributed by atoms with van der Waals surface area (Å²) in [7, 11) is 1.84. The minimum atomic E-state index is -0.225. The summed E-state index contributed by atoms with van der Waals surface area (Å²) < 4.78 is 7.21. The van der Waals surface area contributed by atoms with Crippen LogP contribution in [0.15, 0.2) is 30.5 Å². The van der Waals surface area contributed by atoms with Gasteiger partial charge in [0.1, 0.15) is 11.6 Å². The van der Waals surface area contributed by atoms with E-state index in [2.05, 4.69) is 15.0 Å². The van der Waals surface area contributed by atoms with Crippen molar-refractivity contribution >= 4 is 40.2 Å². The Morgan fingerprint density at radius 1 is 1.17 bits per heavy atom. The zero-order chi connectivity index (χ0) is 21.1. The highest BCUT2D eigenvalue weighted by atomic mass is 32.2. The molecule has 3 aromatic rings. The Balaban J connectivity index is 1.71. The van der Waals surface area contributed by atoms with Gasteiger partial charge in [-0.05, 0) is 38.1 Å². The quantitative estimate of drug-likeness (QED) is 0.600. The van der Waals surface area contributed by atoms with Crippen LogP contribution in [0.1, 0.15) is 24.5 Å². The number of aromatic nitrogens is 4. The summed E-state index contributed by atoms with van der Waals surface area (Å²) >= 11 is 1.93. The minimum absolute atomic E-state index is 0.190. The van der Waals surface area contributed by atoms with Crippen molar-refractivity contribution in [2.24, 2.45) is 7.05 Å². The predicted molar refractivity (Wildman–Crippen MR) is 121 cm³/mol. The molecule has 0 aliphatic carbocycles. The maximum absolute atomic E-state index is 13.4. The number of fused-ring (bicyclic) bond motifs is 1. The van der Waals surface area contributed by atoms with Crippen molar-refractivity contribution in [1.29, 1.82) is 0 Å². The number of carbonyl (C=O) groups is 1. The second-order valence-corrected chi connectivity index (χ2v) is 8.18. The molecule has 1 aliphatic heterocycles. The molecule has 2 aromatic heterocycles. The van der Waals surface area contributed by atoms with Crippen molar-refractivity contribution < 1.29 is 9.53 Å². The van der Waals surface area contributed by atoms with Crippen LogP contribution in [0.2, 0.25) is 0 Å². The Hall–Kier alpha value is -2.81. The van der Waals surface area contributed by atoms with E-state index in [4.69, 9.17) is 9.72 Å². The third-order valence-electron chi connectivity index (χ3n) is 5.09. The molecule has 0 spiro atoms. The summed E-state index contributed by atoms with van der Waals surface area (Å²) in [5.74, 6) is 3.62. The molecule has 1 amide bonds. The lowest BCUT2D eigenvalue weighted by Gasteiger charge is -2.28. The molecule has 0 radical (unpaired) electrons. The molecular formula is C21H26N6O2S. The molecule has 158 valence electrons. The van der Waals surface area contributed by atoms with Crippen LogP contribution in [0, 0.1) is 0 Å². The van der Waals surface area contributed by atoms with Gasteiger partial charge in [-0.3, -0.25) is 9.48 Å². The maximum Gasteiger partial charge on any atom is 0.296 e. The molecule has 0 unspecified atom stereocenters. The van der Waals surface area contributed by atoms with Gasteiger partial charge in [-0.15, -0.1) is 0 Å². The average molecular weight is 427 g/mol. The summed E-state index contributed by atoms with van der Waals surface area (Å²) in [6.07, 6.45) is 1.78. The molecule has 0 N–H and O–H groups in total. The van der Waals surface area contributed by atoms with Crippen LogP contribution in [0.25, 0.3) is 11.0 Å². The van der Waals surface area contributed by atoms with Gasteiger partial charge >= 0.3 is 0 Å². The molecule has 1 aromatic carbocycles. The van der Waals surface area contributed by atoms with E-state index >= 15 is 0 Å². The zero-order valence-corrected chi connectivity index (χ0v) is 18.4. The SMILES string of the molecule is CCOc1ccc(N(CC)C(=O)c2nc(N3CCSCC3)c3cnn(C)c3n2)cc1. The zero-order valence-electron chi connectivity index (χ0n) is 17.5. The minimum Gasteiger partial charge on any atom is -0.494 e. The summed E-state index contributed by atoms with van der Waals surface area (Å²) in [6, 6.07) is 7.52. The van der Waals surface area contributed by atoms with Crippen LogP contribution in [0.5, 0.6) is 5.75 Å². The number of aryl methyl sites for hydroxylation is 1. The first-order valence-electron chi connectivity index (χ1n) is 10.2. The number of nitrogens with zero attached hydrogens (tertiary/aromatic N) is 6. The Labute approximate surface area is 180 Å². The van der Waals surface area contributed by atoms with Crippen molar-refractivity contribution in [2.75, 3.05) is 47.5 Å². The van der Waals surface area contributed by atoms with E-state index in [-0.39, 0.29) is 11.7 Å². The number of thioether (sulfide) groups is 1. The van der Waals surface area contributed by atoms with Gasteiger partial charge in [0.05, 0.1) is 18.2 Å². The smallest absolute Gasteiger partial charge is 0.296 e. The van der Waals surface area contributed by atoms with E-state index in [1.807, 2.05) is 56.9 Å². The molecule has 0 saturated carbocycles. The van der Waals surface area contributed by atoms with E-state index < -0.39 is 0 Å². The van der Waals surface area contributed by atoms with Crippen LogP contribution in [0.3, 0.4) is 0 Å². The first-order chi connectivity index (χ1) is 14.6. The number of ether oxygens (including phenoxy) is 1. The number of benzene rings is 1. The van der Waals surface area contributed by atoms with Crippen molar-refractivity contribution in [3.8, 4) is 5.75 Å². The molecule has 4 rings (SSSR count). The lowest BCUT2D eigenvalue weighted by atomic mass is 10.2. The number of anilines is 2. The van der Waals surface area contributed by atoms with Crippen LogP contribution in [-0.2, 0) is 7.05 Å². The normalized spacial score (nSPS) is 14.2. The Bertz CT molecular complexity index is 1030. The number of hydrogen-bond donors (Lipinski definition) is 0. The molecule has 1 saturated heterocycles. The van der Waals surface area contributed by atoms with Crippen LogP contribution >= 0.6 is 11.8 Å². The molecule has 3 heterocycles. The first-order valence-corrected chi connectivity index (χ1v) is 11.3. The standard InChI is InChI=1S/C21H26N6O2S/c1-4-27(15-6-8-16(9-7-15)29-5-2)21(28)18-23-19-17(14-22-25(19)3)20(24-18)26-10-12-30-13-11-26/h6-9,14H,4-5,10-13H2,1-3H3. The molecule has 1 fully saturated rings. The van der Waals surface area contributed by atoms with Gasteiger partial charge in [-0.2, -0.15) is 16.9 Å². The van der Waals surface area contributed by atoms with Crippen molar-refractivity contribution in [2.45, 2.75) is 13.8 Å². The van der Waals surface area contributed by atoms with Crippen LogP contribution < -0.4 is 14.5 Å². The summed E-state index contributed by atoms with van der Waals surface area (Å²) in [4.78, 5) is 26.6. The van der Waals surface area contributed by atoms with E-state index in [1.165, 1.54) is 0 Å². The molecule has 0 bridgehead atoms. The molecule has 30 heavy (non-hydrogen) atoms. The van der Waals surface area contributed by atoms with Gasteiger partial charge in [0.25, 0.3) is 5.91 Å². The highest BCUT2D eigenvalue weighted by Gasteiger charge is 2.25. The number of amides is 1. The largest absolute Gasteiger partial charge is 0.494 e. The van der Waals surface area contributed by atoms with E-state index in [0.717, 1.165) is 47.2 Å². The van der Waals surface area contributed by atoms with Gasteiger partial charge in [-0.1, -0.05) is 0 Å². The highest BCUT2D eigenvalue weighted by Crippen LogP contribution is 2.27. The second kappa shape index (κ2) is 8.91. The van der Waals surface area contributed by atoms with Gasteiger partial charge in [-0.25, -0.2) is 9.97 Å². The number of carbonyl (C=O) groups excluding carboxylic acids is 1. The van der Waals surface area contributed by atoms with E-state index in [1.54, 1.807) is 15.8 Å². The van der Waals surface area contributed by atoms with Gasteiger partial charge < -0.3 is 14.5 Å². The lowest BCUT2D eigenvalue weighted by Crippen LogP contribution is -2.35. The third kappa shape index (κ3) is 3.94. The first kappa shape index (κ1) is 20.5. The molecule has 9 heteroatoms. The number of rotatable bonds is 6. The fraction of sp³-hybridized carbons (Fsp3) is 0.429.